The lowest BCUT2D eigenvalue weighted by Gasteiger charge is -2.17. The maximum Gasteiger partial charge on any atom is 0.221 e. The molecule has 1 amide bonds. The van der Waals surface area contributed by atoms with Gasteiger partial charge in [-0.05, 0) is 23.6 Å². The number of carbonyl (C=O) groups is 1. The number of nitrogens with one attached hydrogen (secondary N) is 1. The van der Waals surface area contributed by atoms with Crippen LogP contribution in [0, 0.1) is 5.82 Å². The predicted octanol–water partition coefficient (Wildman–Crippen LogP) is 4.12. The monoisotopic (exact) mass is 340 g/mol. The molecule has 2 aromatic carbocycles. The molecule has 0 radical (unpaired) electrons. The Bertz CT molecular complexity index is 790. The topological polar surface area (TPSA) is 42.0 Å². The van der Waals surface area contributed by atoms with E-state index in [9.17, 15) is 9.18 Å². The van der Waals surface area contributed by atoms with E-state index in [0.717, 1.165) is 10.6 Å². The molecule has 3 aromatic rings. The third-order valence-electron chi connectivity index (χ3n) is 3.72. The molecule has 0 spiro atoms. The van der Waals surface area contributed by atoms with Crippen LogP contribution in [0.4, 0.5) is 4.39 Å². The number of thiazole rings is 1. The number of carbonyl (C=O) groups excluding carboxylic acids is 1. The van der Waals surface area contributed by atoms with Crippen LogP contribution >= 0.6 is 11.3 Å². The van der Waals surface area contributed by atoms with Gasteiger partial charge in [-0.2, -0.15) is 0 Å². The van der Waals surface area contributed by atoms with E-state index < -0.39 is 0 Å². The van der Waals surface area contributed by atoms with Crippen molar-refractivity contribution in [1.29, 1.82) is 0 Å². The maximum atomic E-state index is 13.7. The van der Waals surface area contributed by atoms with Gasteiger partial charge in [0.25, 0.3) is 0 Å². The second-order valence-electron chi connectivity index (χ2n) is 5.37. The minimum Gasteiger partial charge on any atom is -0.343 e. The lowest BCUT2D eigenvalue weighted by Crippen LogP contribution is -2.29. The van der Waals surface area contributed by atoms with Crippen molar-refractivity contribution < 1.29 is 9.18 Å². The lowest BCUT2D eigenvalue weighted by molar-refractivity contribution is -0.121. The number of benzene rings is 2. The van der Waals surface area contributed by atoms with Crippen molar-refractivity contribution in [1.82, 2.24) is 10.3 Å². The van der Waals surface area contributed by atoms with E-state index in [1.807, 2.05) is 35.7 Å². The van der Waals surface area contributed by atoms with Crippen LogP contribution in [0.3, 0.4) is 0 Å². The fraction of sp³-hybridized carbons (Fsp3) is 0.158. The molecule has 0 fully saturated rings. The molecule has 0 saturated heterocycles. The molecule has 0 bridgehead atoms. The Morgan fingerprint density at radius 2 is 1.88 bits per heavy atom. The number of amides is 1. The molecule has 0 unspecified atom stereocenters. The lowest BCUT2D eigenvalue weighted by atomic mass is 10.1. The van der Waals surface area contributed by atoms with Crippen LogP contribution in [0.1, 0.15) is 28.6 Å². The molecule has 0 aliphatic heterocycles. The molecule has 0 saturated carbocycles. The van der Waals surface area contributed by atoms with Crippen LogP contribution in [0.15, 0.2) is 66.2 Å². The van der Waals surface area contributed by atoms with E-state index in [-0.39, 0.29) is 24.2 Å². The van der Waals surface area contributed by atoms with Gasteiger partial charge in [0.15, 0.2) is 0 Å². The fourth-order valence-electron chi connectivity index (χ4n) is 2.49. The smallest absolute Gasteiger partial charge is 0.221 e. The number of nitrogens with zero attached hydrogens (tertiary/aromatic N) is 1. The molecule has 0 aliphatic rings. The summed E-state index contributed by atoms with van der Waals surface area (Å²) in [4.78, 5) is 16.7. The second-order valence-corrected chi connectivity index (χ2v) is 6.30. The fourth-order valence-corrected chi connectivity index (χ4v) is 3.21. The maximum absolute atomic E-state index is 13.7. The first kappa shape index (κ1) is 16.3. The zero-order valence-corrected chi connectivity index (χ0v) is 13.8. The number of aromatic nitrogens is 1. The van der Waals surface area contributed by atoms with Gasteiger partial charge in [-0.25, -0.2) is 9.37 Å². The molecular formula is C19H17FN2OS. The largest absolute Gasteiger partial charge is 0.343 e. The average Bonchev–Trinajstić information content (AvgIpc) is 3.14. The van der Waals surface area contributed by atoms with Crippen molar-refractivity contribution in [2.45, 2.75) is 18.9 Å². The zero-order chi connectivity index (χ0) is 16.8. The summed E-state index contributed by atoms with van der Waals surface area (Å²) in [6.07, 6.45) is 2.33. The zero-order valence-electron chi connectivity index (χ0n) is 13.0. The van der Waals surface area contributed by atoms with Gasteiger partial charge in [0, 0.05) is 18.0 Å². The van der Waals surface area contributed by atoms with Gasteiger partial charge < -0.3 is 5.32 Å². The van der Waals surface area contributed by atoms with E-state index >= 15 is 0 Å². The summed E-state index contributed by atoms with van der Waals surface area (Å²) < 4.78 is 13.7. The molecule has 3 rings (SSSR count). The first-order valence-corrected chi connectivity index (χ1v) is 8.59. The molecule has 5 heteroatoms. The molecule has 1 heterocycles. The Hall–Kier alpha value is -2.53. The van der Waals surface area contributed by atoms with Crippen molar-refractivity contribution >= 4 is 17.2 Å². The standard InChI is InChI=1S/C19H17FN2OS/c20-16-9-5-4-6-14(16)10-11-17(23)22-18(19-21-12-13-24-19)15-7-2-1-3-8-15/h1-9,12-13,18H,10-11H2,(H,22,23)/t18-/m0/s1. The van der Waals surface area contributed by atoms with E-state index in [0.29, 0.717) is 12.0 Å². The number of hydrogen-bond acceptors (Lipinski definition) is 3. The Balaban J connectivity index is 1.69. The van der Waals surface area contributed by atoms with Crippen LogP contribution in [0.5, 0.6) is 0 Å². The minimum absolute atomic E-state index is 0.123. The van der Waals surface area contributed by atoms with Gasteiger partial charge in [0.1, 0.15) is 16.9 Å². The second kappa shape index (κ2) is 7.84. The molecular weight excluding hydrogens is 323 g/mol. The van der Waals surface area contributed by atoms with Gasteiger partial charge in [0.05, 0.1) is 0 Å². The summed E-state index contributed by atoms with van der Waals surface area (Å²) in [6, 6.07) is 16.0. The van der Waals surface area contributed by atoms with Crippen LogP contribution in [0.2, 0.25) is 0 Å². The predicted molar refractivity (Wildman–Crippen MR) is 93.3 cm³/mol. The van der Waals surface area contributed by atoms with E-state index in [1.54, 1.807) is 24.4 Å². The first-order valence-electron chi connectivity index (χ1n) is 7.71. The van der Waals surface area contributed by atoms with Gasteiger partial charge in [-0.15, -0.1) is 11.3 Å². The van der Waals surface area contributed by atoms with Crippen molar-refractivity contribution in [3.05, 3.63) is 88.1 Å². The SMILES string of the molecule is O=C(CCc1ccccc1F)N[C@@H](c1ccccc1)c1nccs1. The summed E-state index contributed by atoms with van der Waals surface area (Å²) in [6.45, 7) is 0. The average molecular weight is 340 g/mol. The van der Waals surface area contributed by atoms with Crippen molar-refractivity contribution in [3.63, 3.8) is 0 Å². The molecule has 1 aromatic heterocycles. The molecule has 0 aliphatic carbocycles. The third-order valence-corrected chi connectivity index (χ3v) is 4.56. The Kier molecular flexibility index (Phi) is 5.33. The van der Waals surface area contributed by atoms with Gasteiger partial charge in [0.2, 0.25) is 5.91 Å². The Morgan fingerprint density at radius 3 is 2.58 bits per heavy atom. The Labute approximate surface area is 144 Å². The minimum atomic E-state index is -0.278. The molecule has 1 atom stereocenters. The number of rotatable bonds is 6. The van der Waals surface area contributed by atoms with Crippen molar-refractivity contribution in [3.8, 4) is 0 Å². The highest BCUT2D eigenvalue weighted by molar-refractivity contribution is 7.09. The summed E-state index contributed by atoms with van der Waals surface area (Å²) >= 11 is 1.50. The number of halogens is 1. The first-order chi connectivity index (χ1) is 11.7. The summed E-state index contributed by atoms with van der Waals surface area (Å²) in [7, 11) is 0. The quantitative estimate of drug-likeness (QED) is 0.733. The van der Waals surface area contributed by atoms with Crippen LogP contribution in [-0.2, 0) is 11.2 Å². The van der Waals surface area contributed by atoms with E-state index in [4.69, 9.17) is 0 Å². The summed E-state index contributed by atoms with van der Waals surface area (Å²) in [5.74, 6) is -0.396. The van der Waals surface area contributed by atoms with E-state index in [2.05, 4.69) is 10.3 Å². The number of hydrogen-bond donors (Lipinski definition) is 1. The molecule has 24 heavy (non-hydrogen) atoms. The number of aryl methyl sites for hydroxylation is 1. The van der Waals surface area contributed by atoms with Gasteiger partial charge in [-0.1, -0.05) is 48.5 Å². The summed E-state index contributed by atoms with van der Waals surface area (Å²) in [5, 5.41) is 5.73. The van der Waals surface area contributed by atoms with Gasteiger partial charge in [-0.3, -0.25) is 4.79 Å². The normalized spacial score (nSPS) is 11.9. The third kappa shape index (κ3) is 4.06. The highest BCUT2D eigenvalue weighted by Gasteiger charge is 2.19. The molecule has 3 nitrogen and oxygen atoms in total. The molecule has 122 valence electrons. The summed E-state index contributed by atoms with van der Waals surface area (Å²) in [5.41, 5.74) is 1.53. The molecule has 1 N–H and O–H groups in total. The van der Waals surface area contributed by atoms with Crippen LogP contribution in [0.25, 0.3) is 0 Å². The van der Waals surface area contributed by atoms with Crippen LogP contribution in [-0.4, -0.2) is 10.9 Å². The highest BCUT2D eigenvalue weighted by Crippen LogP contribution is 2.24. The van der Waals surface area contributed by atoms with Crippen LogP contribution < -0.4 is 5.32 Å². The van der Waals surface area contributed by atoms with Crippen molar-refractivity contribution in [2.75, 3.05) is 0 Å². The van der Waals surface area contributed by atoms with Gasteiger partial charge >= 0.3 is 0 Å². The highest BCUT2D eigenvalue weighted by atomic mass is 32.1. The van der Waals surface area contributed by atoms with E-state index in [1.165, 1.54) is 17.4 Å². The van der Waals surface area contributed by atoms with Crippen molar-refractivity contribution in [2.24, 2.45) is 0 Å². The Morgan fingerprint density at radius 1 is 1.12 bits per heavy atom.